The molecule has 1 atom stereocenters. The fourth-order valence-corrected chi connectivity index (χ4v) is 4.57. The lowest BCUT2D eigenvalue weighted by atomic mass is 9.70. The molecule has 182 valence electrons. The van der Waals surface area contributed by atoms with Crippen LogP contribution in [0.15, 0.2) is 41.3 Å². The van der Waals surface area contributed by atoms with Crippen LogP contribution < -0.4 is 10.1 Å². The highest BCUT2D eigenvalue weighted by atomic mass is 16.5. The van der Waals surface area contributed by atoms with Crippen molar-refractivity contribution in [3.05, 3.63) is 63.6 Å². The lowest BCUT2D eigenvalue weighted by Gasteiger charge is -2.29. The summed E-state index contributed by atoms with van der Waals surface area (Å²) in [5, 5.41) is 43.4. The summed E-state index contributed by atoms with van der Waals surface area (Å²) in [7, 11) is 0. The van der Waals surface area contributed by atoms with Gasteiger partial charge in [-0.3, -0.25) is 14.4 Å². The molecule has 9 heteroatoms. The maximum absolute atomic E-state index is 13.7. The number of aromatic hydroxyl groups is 4. The molecule has 0 radical (unpaired) electrons. The summed E-state index contributed by atoms with van der Waals surface area (Å²) in [5.41, 5.74) is -0.739. The molecule has 0 aromatic heterocycles. The predicted molar refractivity (Wildman–Crippen MR) is 125 cm³/mol. The van der Waals surface area contributed by atoms with Crippen LogP contribution in [0.1, 0.15) is 47.8 Å². The Morgan fingerprint density at radius 3 is 2.37 bits per heavy atom. The van der Waals surface area contributed by atoms with E-state index in [1.165, 1.54) is 32.9 Å². The SMILES string of the molecule is CC(=O)c1c(O)c(C)c(O)c2c1OC1=CC(=O)C(=C(C)NCCc3ccc(O)c(O)c3)C(=O)[C@@]12C. The number of nitrogens with one attached hydrogen (secondary N) is 1. The van der Waals surface area contributed by atoms with Crippen LogP contribution in [0.3, 0.4) is 0 Å². The van der Waals surface area contributed by atoms with E-state index in [4.69, 9.17) is 4.74 Å². The number of phenolic OH excluding ortho intramolecular Hbond substituents is 4. The zero-order chi connectivity index (χ0) is 25.8. The van der Waals surface area contributed by atoms with Crippen molar-refractivity contribution < 1.29 is 39.5 Å². The number of benzene rings is 2. The summed E-state index contributed by atoms with van der Waals surface area (Å²) in [6, 6.07) is 4.44. The highest BCUT2D eigenvalue weighted by Gasteiger charge is 2.56. The Labute approximate surface area is 201 Å². The number of rotatable bonds is 5. The predicted octanol–water partition coefficient (Wildman–Crippen LogP) is 2.81. The van der Waals surface area contributed by atoms with E-state index >= 15 is 0 Å². The average molecular weight is 479 g/mol. The van der Waals surface area contributed by atoms with Crippen molar-refractivity contribution in [3.8, 4) is 28.7 Å². The molecule has 0 bridgehead atoms. The third-order valence-electron chi connectivity index (χ3n) is 6.60. The molecule has 0 amide bonds. The zero-order valence-electron chi connectivity index (χ0n) is 19.6. The van der Waals surface area contributed by atoms with Gasteiger partial charge in [0.2, 0.25) is 0 Å². The topological polar surface area (TPSA) is 153 Å². The van der Waals surface area contributed by atoms with Crippen molar-refractivity contribution in [1.29, 1.82) is 0 Å². The molecule has 0 saturated heterocycles. The second-order valence-corrected chi connectivity index (χ2v) is 8.89. The molecule has 0 unspecified atom stereocenters. The highest BCUT2D eigenvalue weighted by molar-refractivity contribution is 6.31. The third-order valence-corrected chi connectivity index (χ3v) is 6.60. The van der Waals surface area contributed by atoms with Crippen molar-refractivity contribution in [3.63, 3.8) is 0 Å². The first kappa shape index (κ1) is 23.9. The molecule has 1 aliphatic carbocycles. The molecule has 2 aromatic rings. The highest BCUT2D eigenvalue weighted by Crippen LogP contribution is 2.57. The van der Waals surface area contributed by atoms with Gasteiger partial charge in [0.25, 0.3) is 0 Å². The Hall–Kier alpha value is -4.27. The molecular formula is C26H25NO8. The van der Waals surface area contributed by atoms with Crippen molar-refractivity contribution >= 4 is 17.3 Å². The zero-order valence-corrected chi connectivity index (χ0v) is 19.6. The standard InChI is InChI=1S/C26H25NO8/c1-11-22(32)20(13(3)28)24-21(23(11)33)26(4)18(35-24)10-17(31)19(25(26)34)12(2)27-8-7-14-5-6-15(29)16(30)9-14/h5-6,9-10,27,29-30,32-33H,7-8H2,1-4H3/t26-/m0/s1. The largest absolute Gasteiger partial charge is 0.507 e. The summed E-state index contributed by atoms with van der Waals surface area (Å²) in [6.45, 7) is 6.07. The summed E-state index contributed by atoms with van der Waals surface area (Å²) in [4.78, 5) is 38.9. The molecule has 5 N–H and O–H groups in total. The molecule has 0 spiro atoms. The van der Waals surface area contributed by atoms with Crippen molar-refractivity contribution in [2.24, 2.45) is 0 Å². The summed E-state index contributed by atoms with van der Waals surface area (Å²) in [6.07, 6.45) is 1.60. The lowest BCUT2D eigenvalue weighted by Crippen LogP contribution is -2.41. The number of carbonyl (C=O) groups is 3. The minimum Gasteiger partial charge on any atom is -0.507 e. The number of fused-ring (bicyclic) bond motifs is 3. The Bertz CT molecular complexity index is 1380. The van der Waals surface area contributed by atoms with Gasteiger partial charge in [0.05, 0.1) is 11.1 Å². The van der Waals surface area contributed by atoms with E-state index in [2.05, 4.69) is 5.32 Å². The second-order valence-electron chi connectivity index (χ2n) is 8.89. The molecular weight excluding hydrogens is 454 g/mol. The van der Waals surface area contributed by atoms with E-state index in [9.17, 15) is 34.8 Å². The molecule has 1 aliphatic heterocycles. The molecule has 1 heterocycles. The Morgan fingerprint density at radius 2 is 1.74 bits per heavy atom. The first-order valence-corrected chi connectivity index (χ1v) is 10.9. The van der Waals surface area contributed by atoms with E-state index in [-0.39, 0.29) is 51.0 Å². The van der Waals surface area contributed by atoms with E-state index in [0.717, 1.165) is 11.6 Å². The van der Waals surface area contributed by atoms with Gasteiger partial charge in [-0.2, -0.15) is 0 Å². The van der Waals surface area contributed by atoms with Crippen LogP contribution in [0.25, 0.3) is 0 Å². The minimum atomic E-state index is -1.57. The summed E-state index contributed by atoms with van der Waals surface area (Å²) in [5.74, 6) is -3.17. The van der Waals surface area contributed by atoms with E-state index in [1.54, 1.807) is 13.0 Å². The summed E-state index contributed by atoms with van der Waals surface area (Å²) < 4.78 is 5.74. The van der Waals surface area contributed by atoms with Gasteiger partial charge in [-0.1, -0.05) is 6.07 Å². The monoisotopic (exact) mass is 479 g/mol. The van der Waals surface area contributed by atoms with Crippen LogP contribution in [0.4, 0.5) is 0 Å². The average Bonchev–Trinajstić information content (AvgIpc) is 3.07. The van der Waals surface area contributed by atoms with Crippen LogP contribution in [-0.2, 0) is 21.4 Å². The molecule has 0 fully saturated rings. The Balaban J connectivity index is 1.72. The minimum absolute atomic E-state index is 0.0265. The molecule has 9 nitrogen and oxygen atoms in total. The lowest BCUT2D eigenvalue weighted by molar-refractivity contribution is -0.123. The van der Waals surface area contributed by atoms with Gasteiger partial charge in [0, 0.05) is 23.9 Å². The van der Waals surface area contributed by atoms with Gasteiger partial charge >= 0.3 is 0 Å². The van der Waals surface area contributed by atoms with E-state index < -0.39 is 28.5 Å². The fraction of sp³-hybridized carbons (Fsp3) is 0.269. The molecule has 35 heavy (non-hydrogen) atoms. The number of hydrogen-bond donors (Lipinski definition) is 5. The van der Waals surface area contributed by atoms with Gasteiger partial charge in [-0.05, 0) is 51.8 Å². The van der Waals surface area contributed by atoms with Crippen molar-refractivity contribution in [2.45, 2.75) is 39.5 Å². The summed E-state index contributed by atoms with van der Waals surface area (Å²) >= 11 is 0. The first-order valence-electron chi connectivity index (χ1n) is 10.9. The number of allylic oxidation sites excluding steroid dienone is 4. The number of Topliss-reactive ketones (excluding diaryl/α,β-unsaturated/α-hetero) is 2. The maximum atomic E-state index is 13.7. The number of phenols is 4. The van der Waals surface area contributed by atoms with Gasteiger partial charge in [0.15, 0.2) is 28.8 Å². The normalized spacial score (nSPS) is 20.1. The van der Waals surface area contributed by atoms with Crippen LogP contribution in [0.5, 0.6) is 28.7 Å². The third kappa shape index (κ3) is 3.51. The van der Waals surface area contributed by atoms with Crippen LogP contribution >= 0.6 is 0 Å². The molecule has 4 rings (SSSR count). The number of ketones is 3. The first-order chi connectivity index (χ1) is 16.4. The maximum Gasteiger partial charge on any atom is 0.194 e. The number of hydrogen-bond acceptors (Lipinski definition) is 9. The molecule has 0 saturated carbocycles. The molecule has 2 aromatic carbocycles. The van der Waals surface area contributed by atoms with Gasteiger partial charge in [-0.25, -0.2) is 0 Å². The smallest absolute Gasteiger partial charge is 0.194 e. The van der Waals surface area contributed by atoms with Crippen molar-refractivity contribution in [2.75, 3.05) is 6.54 Å². The van der Waals surface area contributed by atoms with Gasteiger partial charge < -0.3 is 30.5 Å². The van der Waals surface area contributed by atoms with Crippen LogP contribution in [0, 0.1) is 6.92 Å². The van der Waals surface area contributed by atoms with Gasteiger partial charge in [0.1, 0.15) is 34.0 Å². The fourth-order valence-electron chi connectivity index (χ4n) is 4.57. The second kappa shape index (κ2) is 8.19. The van der Waals surface area contributed by atoms with Gasteiger partial charge in [-0.15, -0.1) is 0 Å². The Kier molecular flexibility index (Phi) is 5.59. The van der Waals surface area contributed by atoms with Crippen molar-refractivity contribution in [1.82, 2.24) is 5.32 Å². The number of ether oxygens (including phenoxy) is 1. The van der Waals surface area contributed by atoms with E-state index in [0.29, 0.717) is 18.7 Å². The number of carbonyl (C=O) groups excluding carboxylic acids is 3. The van der Waals surface area contributed by atoms with Crippen LogP contribution in [0.2, 0.25) is 0 Å². The van der Waals surface area contributed by atoms with E-state index in [1.807, 2.05) is 0 Å². The molecule has 2 aliphatic rings. The Morgan fingerprint density at radius 1 is 1.06 bits per heavy atom. The van der Waals surface area contributed by atoms with Crippen LogP contribution in [-0.4, -0.2) is 44.3 Å². The quantitative estimate of drug-likeness (QED) is 0.188.